The van der Waals surface area contributed by atoms with Gasteiger partial charge in [-0.3, -0.25) is 14.4 Å². The summed E-state index contributed by atoms with van der Waals surface area (Å²) in [6.45, 7) is 7.81. The van der Waals surface area contributed by atoms with Gasteiger partial charge in [0, 0.05) is 17.9 Å². The SMILES string of the molecule is CCCC(CC1CC(=O)c2c(ccc(CC3=CC=C(c4ccccc4)C3)c2C)C1)C(CC)C(=O)CC(C)=O. The summed E-state index contributed by atoms with van der Waals surface area (Å²) in [5, 5.41) is 0. The van der Waals surface area contributed by atoms with E-state index in [0.29, 0.717) is 6.42 Å². The zero-order valence-corrected chi connectivity index (χ0v) is 23.5. The topological polar surface area (TPSA) is 51.2 Å². The third-order valence-corrected chi connectivity index (χ3v) is 8.57. The second-order valence-corrected chi connectivity index (χ2v) is 11.5. The van der Waals surface area contributed by atoms with Gasteiger partial charge in [-0.1, -0.05) is 86.9 Å². The van der Waals surface area contributed by atoms with Crippen LogP contribution < -0.4 is 0 Å². The van der Waals surface area contributed by atoms with Gasteiger partial charge in [0.25, 0.3) is 0 Å². The van der Waals surface area contributed by atoms with Crippen LogP contribution in [0, 0.1) is 24.7 Å². The van der Waals surface area contributed by atoms with E-state index < -0.39 is 0 Å². The molecule has 3 atom stereocenters. The first-order valence-corrected chi connectivity index (χ1v) is 14.4. The molecule has 3 nitrogen and oxygen atoms in total. The molecule has 2 aliphatic rings. The molecule has 2 aromatic rings. The van der Waals surface area contributed by atoms with Crippen LogP contribution in [0.25, 0.3) is 5.57 Å². The summed E-state index contributed by atoms with van der Waals surface area (Å²) in [4.78, 5) is 37.9. The second kappa shape index (κ2) is 12.7. The molecular weight excluding hydrogens is 468 g/mol. The van der Waals surface area contributed by atoms with E-state index in [1.165, 1.54) is 29.2 Å². The van der Waals surface area contributed by atoms with E-state index in [1.54, 1.807) is 0 Å². The molecule has 0 saturated heterocycles. The first-order chi connectivity index (χ1) is 18.3. The van der Waals surface area contributed by atoms with E-state index in [0.717, 1.165) is 61.6 Å². The Hall–Kier alpha value is -3.07. The molecule has 0 N–H and O–H groups in total. The summed E-state index contributed by atoms with van der Waals surface area (Å²) in [7, 11) is 0. The van der Waals surface area contributed by atoms with Crippen LogP contribution in [0.2, 0.25) is 0 Å². The summed E-state index contributed by atoms with van der Waals surface area (Å²) >= 11 is 0. The summed E-state index contributed by atoms with van der Waals surface area (Å²) < 4.78 is 0. The van der Waals surface area contributed by atoms with Crippen molar-refractivity contribution < 1.29 is 14.4 Å². The number of carbonyl (C=O) groups is 3. The highest BCUT2D eigenvalue weighted by Crippen LogP contribution is 2.38. The predicted molar refractivity (Wildman–Crippen MR) is 155 cm³/mol. The second-order valence-electron chi connectivity index (χ2n) is 11.5. The molecule has 0 bridgehead atoms. The fraction of sp³-hybridized carbons (Fsp3) is 0.457. The fourth-order valence-corrected chi connectivity index (χ4v) is 6.75. The molecule has 0 amide bonds. The number of Topliss-reactive ketones (excluding diaryl/α,β-unsaturated/α-hetero) is 3. The van der Waals surface area contributed by atoms with Gasteiger partial charge >= 0.3 is 0 Å². The molecule has 0 fully saturated rings. The van der Waals surface area contributed by atoms with E-state index in [-0.39, 0.29) is 41.5 Å². The lowest BCUT2D eigenvalue weighted by Crippen LogP contribution is -2.30. The van der Waals surface area contributed by atoms with Crippen LogP contribution in [0.1, 0.15) is 98.3 Å². The van der Waals surface area contributed by atoms with Gasteiger partial charge in [-0.05, 0) is 85.6 Å². The normalized spacial score (nSPS) is 18.4. The number of rotatable bonds is 12. The molecule has 38 heavy (non-hydrogen) atoms. The van der Waals surface area contributed by atoms with Crippen LogP contribution in [-0.4, -0.2) is 17.3 Å². The molecule has 0 heterocycles. The lowest BCUT2D eigenvalue weighted by atomic mass is 9.71. The van der Waals surface area contributed by atoms with Gasteiger partial charge in [-0.2, -0.15) is 0 Å². The van der Waals surface area contributed by atoms with E-state index >= 15 is 0 Å². The third-order valence-electron chi connectivity index (χ3n) is 8.57. The molecule has 4 rings (SSSR count). The van der Waals surface area contributed by atoms with Crippen molar-refractivity contribution in [3.63, 3.8) is 0 Å². The molecule has 200 valence electrons. The first kappa shape index (κ1) is 28.0. The van der Waals surface area contributed by atoms with Crippen molar-refractivity contribution in [2.24, 2.45) is 17.8 Å². The van der Waals surface area contributed by atoms with Gasteiger partial charge in [-0.15, -0.1) is 0 Å². The maximum absolute atomic E-state index is 13.5. The smallest absolute Gasteiger partial charge is 0.163 e. The molecule has 0 spiro atoms. The van der Waals surface area contributed by atoms with Crippen LogP contribution in [-0.2, 0) is 22.4 Å². The number of hydrogen-bond acceptors (Lipinski definition) is 3. The average Bonchev–Trinajstić information content (AvgIpc) is 3.35. The highest BCUT2D eigenvalue weighted by atomic mass is 16.1. The molecule has 0 saturated carbocycles. The molecule has 2 aromatic carbocycles. The van der Waals surface area contributed by atoms with Gasteiger partial charge in [0.1, 0.15) is 11.6 Å². The monoisotopic (exact) mass is 510 g/mol. The molecular formula is C35H42O3. The summed E-state index contributed by atoms with van der Waals surface area (Å²) in [5.41, 5.74) is 8.48. The maximum Gasteiger partial charge on any atom is 0.163 e. The average molecular weight is 511 g/mol. The number of benzene rings is 2. The minimum absolute atomic E-state index is 0.0337. The summed E-state index contributed by atoms with van der Waals surface area (Å²) in [6.07, 6.45) is 11.4. The molecule has 0 aliphatic heterocycles. The van der Waals surface area contributed by atoms with Crippen molar-refractivity contribution in [2.75, 3.05) is 0 Å². The molecule has 2 aliphatic carbocycles. The fourth-order valence-electron chi connectivity index (χ4n) is 6.75. The number of carbonyl (C=O) groups excluding carboxylic acids is 3. The number of ketones is 3. The lowest BCUT2D eigenvalue weighted by Gasteiger charge is -2.32. The van der Waals surface area contributed by atoms with Crippen LogP contribution in [0.15, 0.2) is 60.2 Å². The minimum atomic E-state index is -0.0893. The van der Waals surface area contributed by atoms with E-state index in [9.17, 15) is 14.4 Å². The summed E-state index contributed by atoms with van der Waals surface area (Å²) in [6, 6.07) is 14.9. The quantitative estimate of drug-likeness (QED) is 0.271. The van der Waals surface area contributed by atoms with Gasteiger partial charge in [0.05, 0.1) is 6.42 Å². The van der Waals surface area contributed by atoms with Gasteiger partial charge in [-0.25, -0.2) is 0 Å². The number of allylic oxidation sites excluding steroid dienone is 4. The standard InChI is InChI=1S/C35H42O3/c1-5-10-30(32(6-2)33(37)17-23(3)36)20-26-21-31-16-15-28(24(4)35(31)34(38)22-26)18-25-13-14-29(19-25)27-11-8-7-9-12-27/h7-9,11-16,26,30,32H,5-6,10,17-22H2,1-4H3. The van der Waals surface area contributed by atoms with Crippen molar-refractivity contribution in [3.8, 4) is 0 Å². The Morgan fingerprint density at radius 2 is 1.76 bits per heavy atom. The molecule has 0 aromatic heterocycles. The summed E-state index contributed by atoms with van der Waals surface area (Å²) in [5.74, 6) is 0.666. The van der Waals surface area contributed by atoms with Crippen LogP contribution in [0.4, 0.5) is 0 Å². The minimum Gasteiger partial charge on any atom is -0.300 e. The highest BCUT2D eigenvalue weighted by molar-refractivity contribution is 6.00. The van der Waals surface area contributed by atoms with Crippen molar-refractivity contribution in [1.29, 1.82) is 0 Å². The Labute approximate surface area is 228 Å². The zero-order valence-electron chi connectivity index (χ0n) is 23.5. The Morgan fingerprint density at radius 3 is 2.45 bits per heavy atom. The van der Waals surface area contributed by atoms with Crippen molar-refractivity contribution in [2.45, 2.75) is 85.5 Å². The van der Waals surface area contributed by atoms with E-state index in [2.05, 4.69) is 69.3 Å². The molecule has 3 heteroatoms. The van der Waals surface area contributed by atoms with Gasteiger partial charge < -0.3 is 0 Å². The maximum atomic E-state index is 13.5. The van der Waals surface area contributed by atoms with E-state index in [4.69, 9.17) is 0 Å². The van der Waals surface area contributed by atoms with Crippen molar-refractivity contribution in [1.82, 2.24) is 0 Å². The Bertz CT molecular complexity index is 1250. The third kappa shape index (κ3) is 6.49. The largest absolute Gasteiger partial charge is 0.300 e. The van der Waals surface area contributed by atoms with Gasteiger partial charge in [0.15, 0.2) is 5.78 Å². The lowest BCUT2D eigenvalue weighted by molar-refractivity contribution is -0.129. The predicted octanol–water partition coefficient (Wildman–Crippen LogP) is 8.08. The van der Waals surface area contributed by atoms with E-state index in [1.807, 2.05) is 6.07 Å². The van der Waals surface area contributed by atoms with Crippen LogP contribution in [0.5, 0.6) is 0 Å². The number of fused-ring (bicyclic) bond motifs is 1. The first-order valence-electron chi connectivity index (χ1n) is 14.4. The van der Waals surface area contributed by atoms with Gasteiger partial charge in [0.2, 0.25) is 0 Å². The Balaban J connectivity index is 1.45. The molecule has 3 unspecified atom stereocenters. The molecule has 0 radical (unpaired) electrons. The Kier molecular flexibility index (Phi) is 9.31. The van der Waals surface area contributed by atoms with Crippen molar-refractivity contribution >= 4 is 22.9 Å². The zero-order chi connectivity index (χ0) is 27.2. The van der Waals surface area contributed by atoms with Crippen LogP contribution >= 0.6 is 0 Å². The van der Waals surface area contributed by atoms with Crippen molar-refractivity contribution in [3.05, 3.63) is 88.0 Å². The Morgan fingerprint density at radius 1 is 1.00 bits per heavy atom. The highest BCUT2D eigenvalue weighted by Gasteiger charge is 2.33. The number of hydrogen-bond donors (Lipinski definition) is 0. The van der Waals surface area contributed by atoms with Crippen LogP contribution in [0.3, 0.4) is 0 Å².